The van der Waals surface area contributed by atoms with Crippen LogP contribution in [0.2, 0.25) is 0 Å². The van der Waals surface area contributed by atoms with Gasteiger partial charge in [-0.2, -0.15) is 0 Å². The Bertz CT molecular complexity index is 1400. The number of phenols is 1. The smallest absolute Gasteiger partial charge is 0.252 e. The van der Waals surface area contributed by atoms with E-state index in [0.717, 1.165) is 21.7 Å². The molecule has 0 aliphatic carbocycles. The Balaban J connectivity index is 1.65. The van der Waals surface area contributed by atoms with E-state index in [4.69, 9.17) is 0 Å². The molecule has 0 bridgehead atoms. The van der Waals surface area contributed by atoms with Gasteiger partial charge < -0.3 is 10.4 Å². The number of pyridine rings is 1. The van der Waals surface area contributed by atoms with Gasteiger partial charge in [0.1, 0.15) is 11.3 Å². The summed E-state index contributed by atoms with van der Waals surface area (Å²) in [5.74, 6) is -0.135. The minimum absolute atomic E-state index is 0.0737. The number of hydrogen-bond donors (Lipinski definition) is 2. The fourth-order valence-electron chi connectivity index (χ4n) is 3.91. The average molecular weight is 404 g/mol. The van der Waals surface area contributed by atoms with Crippen LogP contribution in [0, 0.1) is 0 Å². The lowest BCUT2D eigenvalue weighted by atomic mass is 9.94. The second kappa shape index (κ2) is 7.92. The molecule has 0 spiro atoms. The Hall–Kier alpha value is -4.18. The van der Waals surface area contributed by atoms with Crippen molar-refractivity contribution in [3.05, 3.63) is 120 Å². The number of amides is 1. The number of hydrogen-bond acceptors (Lipinski definition) is 3. The molecule has 1 unspecified atom stereocenters. The second-order valence-electron chi connectivity index (χ2n) is 7.46. The number of carbonyl (C=O) groups excluding carboxylic acids is 1. The van der Waals surface area contributed by atoms with Gasteiger partial charge in [-0.25, -0.2) is 0 Å². The highest BCUT2D eigenvalue weighted by Gasteiger charge is 2.22. The molecule has 150 valence electrons. The summed E-state index contributed by atoms with van der Waals surface area (Å²) in [6.45, 7) is 0. The normalized spacial score (nSPS) is 12.0. The minimum Gasteiger partial charge on any atom is -0.505 e. The second-order valence-corrected chi connectivity index (χ2v) is 7.46. The maximum atomic E-state index is 13.0. The molecule has 5 rings (SSSR count). The van der Waals surface area contributed by atoms with Crippen molar-refractivity contribution < 1.29 is 9.90 Å². The zero-order chi connectivity index (χ0) is 21.2. The van der Waals surface area contributed by atoms with E-state index >= 15 is 0 Å². The van der Waals surface area contributed by atoms with E-state index in [2.05, 4.69) is 10.3 Å². The largest absolute Gasteiger partial charge is 0.505 e. The first-order valence-corrected chi connectivity index (χ1v) is 10.1. The third kappa shape index (κ3) is 3.60. The third-order valence-electron chi connectivity index (χ3n) is 5.51. The van der Waals surface area contributed by atoms with Crippen molar-refractivity contribution in [3.63, 3.8) is 0 Å². The highest BCUT2D eigenvalue weighted by molar-refractivity contribution is 5.95. The Kier molecular flexibility index (Phi) is 4.81. The first-order valence-electron chi connectivity index (χ1n) is 10.1. The molecular weight excluding hydrogens is 384 g/mol. The van der Waals surface area contributed by atoms with Crippen molar-refractivity contribution in [2.45, 2.75) is 6.04 Å². The van der Waals surface area contributed by atoms with E-state index in [1.165, 1.54) is 0 Å². The summed E-state index contributed by atoms with van der Waals surface area (Å²) >= 11 is 0. The van der Waals surface area contributed by atoms with Crippen molar-refractivity contribution in [2.24, 2.45) is 0 Å². The monoisotopic (exact) mass is 404 g/mol. The van der Waals surface area contributed by atoms with Crippen molar-refractivity contribution in [1.82, 2.24) is 10.3 Å². The SMILES string of the molecule is O=C(NC(c1ccc2ccccc2c1)c1ccc2cccnc2c1O)c1ccccc1. The number of aromatic hydroxyl groups is 1. The van der Waals surface area contributed by atoms with Crippen molar-refractivity contribution in [2.75, 3.05) is 0 Å². The predicted molar refractivity (Wildman–Crippen MR) is 123 cm³/mol. The quantitative estimate of drug-likeness (QED) is 0.409. The van der Waals surface area contributed by atoms with Gasteiger partial charge in [0.05, 0.1) is 6.04 Å². The lowest BCUT2D eigenvalue weighted by molar-refractivity contribution is 0.0942. The molecule has 4 aromatic carbocycles. The minimum atomic E-state index is -0.538. The van der Waals surface area contributed by atoms with E-state index in [1.807, 2.05) is 84.9 Å². The molecule has 1 amide bonds. The van der Waals surface area contributed by atoms with Gasteiger partial charge in [0.2, 0.25) is 0 Å². The van der Waals surface area contributed by atoms with Gasteiger partial charge in [-0.15, -0.1) is 0 Å². The van der Waals surface area contributed by atoms with Gasteiger partial charge in [0.25, 0.3) is 5.91 Å². The van der Waals surface area contributed by atoms with Crippen molar-refractivity contribution >= 4 is 27.6 Å². The zero-order valence-electron chi connectivity index (χ0n) is 16.7. The summed E-state index contributed by atoms with van der Waals surface area (Å²) in [5, 5.41) is 17.2. The molecule has 0 saturated heterocycles. The maximum Gasteiger partial charge on any atom is 0.252 e. The summed E-state index contributed by atoms with van der Waals surface area (Å²) in [6.07, 6.45) is 1.65. The summed E-state index contributed by atoms with van der Waals surface area (Å²) in [7, 11) is 0. The molecule has 4 heteroatoms. The van der Waals surface area contributed by atoms with Crippen LogP contribution in [0.4, 0.5) is 0 Å². The molecule has 1 atom stereocenters. The van der Waals surface area contributed by atoms with E-state index in [9.17, 15) is 9.90 Å². The molecule has 0 aliphatic rings. The molecule has 1 aromatic heterocycles. The number of fused-ring (bicyclic) bond motifs is 2. The van der Waals surface area contributed by atoms with Crippen LogP contribution >= 0.6 is 0 Å². The van der Waals surface area contributed by atoms with E-state index in [-0.39, 0.29) is 11.7 Å². The number of nitrogens with zero attached hydrogens (tertiary/aromatic N) is 1. The molecule has 0 aliphatic heterocycles. The predicted octanol–water partition coefficient (Wildman–Crippen LogP) is 5.61. The number of carbonyl (C=O) groups is 1. The van der Waals surface area contributed by atoms with Crippen LogP contribution in [0.1, 0.15) is 27.5 Å². The van der Waals surface area contributed by atoms with Gasteiger partial charge in [-0.3, -0.25) is 9.78 Å². The topological polar surface area (TPSA) is 62.2 Å². The third-order valence-corrected chi connectivity index (χ3v) is 5.51. The molecule has 1 heterocycles. The Morgan fingerprint density at radius 1 is 0.774 bits per heavy atom. The molecule has 4 nitrogen and oxygen atoms in total. The lowest BCUT2D eigenvalue weighted by Crippen LogP contribution is -2.29. The van der Waals surface area contributed by atoms with Gasteiger partial charge in [0.15, 0.2) is 0 Å². The summed E-state index contributed by atoms with van der Waals surface area (Å²) in [6, 6.07) is 30.2. The number of benzene rings is 4. The molecule has 2 N–H and O–H groups in total. The van der Waals surface area contributed by atoms with Gasteiger partial charge in [0, 0.05) is 22.7 Å². The molecule has 0 saturated carbocycles. The van der Waals surface area contributed by atoms with Crippen LogP contribution in [-0.4, -0.2) is 16.0 Å². The summed E-state index contributed by atoms with van der Waals surface area (Å²) in [4.78, 5) is 17.4. The number of nitrogens with one attached hydrogen (secondary N) is 1. The Morgan fingerprint density at radius 2 is 1.48 bits per heavy atom. The van der Waals surface area contributed by atoms with Crippen LogP contribution in [-0.2, 0) is 0 Å². The van der Waals surface area contributed by atoms with Crippen molar-refractivity contribution in [1.29, 1.82) is 0 Å². The lowest BCUT2D eigenvalue weighted by Gasteiger charge is -2.22. The standard InChI is InChI=1S/C27H20N2O2/c30-26-23(15-14-19-11-6-16-28-25(19)26)24(29-27(31)20-8-2-1-3-9-20)22-13-12-18-7-4-5-10-21(18)17-22/h1-17,24,30H,(H,29,31). The van der Waals surface area contributed by atoms with E-state index in [0.29, 0.717) is 16.6 Å². The first-order chi connectivity index (χ1) is 15.2. The molecule has 0 fully saturated rings. The number of phenolic OH excluding ortho intramolecular Hbond substituents is 1. The number of rotatable bonds is 4. The zero-order valence-corrected chi connectivity index (χ0v) is 16.7. The summed E-state index contributed by atoms with van der Waals surface area (Å²) < 4.78 is 0. The van der Waals surface area contributed by atoms with E-state index < -0.39 is 6.04 Å². The van der Waals surface area contributed by atoms with Gasteiger partial charge in [-0.05, 0) is 40.6 Å². The van der Waals surface area contributed by atoms with Crippen LogP contribution < -0.4 is 5.32 Å². The van der Waals surface area contributed by atoms with Gasteiger partial charge >= 0.3 is 0 Å². The average Bonchev–Trinajstić information content (AvgIpc) is 2.83. The van der Waals surface area contributed by atoms with Crippen LogP contribution in [0.25, 0.3) is 21.7 Å². The maximum absolute atomic E-state index is 13.0. The molecule has 5 aromatic rings. The molecular formula is C27H20N2O2. The van der Waals surface area contributed by atoms with Gasteiger partial charge in [-0.1, -0.05) is 72.8 Å². The summed E-state index contributed by atoms with van der Waals surface area (Å²) in [5.41, 5.74) is 2.56. The van der Waals surface area contributed by atoms with E-state index in [1.54, 1.807) is 18.3 Å². The molecule has 31 heavy (non-hydrogen) atoms. The van der Waals surface area contributed by atoms with Crippen LogP contribution in [0.5, 0.6) is 5.75 Å². The highest BCUT2D eigenvalue weighted by atomic mass is 16.3. The fourth-order valence-corrected chi connectivity index (χ4v) is 3.91. The Labute approximate surface area is 179 Å². The molecule has 0 radical (unpaired) electrons. The van der Waals surface area contributed by atoms with Crippen LogP contribution in [0.3, 0.4) is 0 Å². The Morgan fingerprint density at radius 3 is 2.32 bits per heavy atom. The van der Waals surface area contributed by atoms with Crippen molar-refractivity contribution in [3.8, 4) is 5.75 Å². The number of aromatic nitrogens is 1. The highest BCUT2D eigenvalue weighted by Crippen LogP contribution is 2.35. The first kappa shape index (κ1) is 18.8. The van der Waals surface area contributed by atoms with Crippen LogP contribution in [0.15, 0.2) is 103 Å². The fraction of sp³-hybridized carbons (Fsp3) is 0.0370.